The normalized spacial score (nSPS) is 18.2. The number of nitrogens with one attached hydrogen (secondary N) is 1. The third-order valence-electron chi connectivity index (χ3n) is 4.07. The van der Waals surface area contributed by atoms with Crippen LogP contribution in [-0.4, -0.2) is 34.7 Å². The summed E-state index contributed by atoms with van der Waals surface area (Å²) < 4.78 is 8.17. The molecule has 3 rings (SSSR count). The highest BCUT2D eigenvalue weighted by Crippen LogP contribution is 2.36. The Morgan fingerprint density at radius 3 is 3.00 bits per heavy atom. The van der Waals surface area contributed by atoms with Crippen LogP contribution in [0.1, 0.15) is 38.8 Å². The standard InChI is InChI=1S/C16H25N3OS/c1-3-7-17-14(15(20-4-2)12-5-6-12)10-13-11-19-8-9-21-16(19)18-13/h8-9,11-12,14-15,17H,3-7,10H2,1-2H3. The van der Waals surface area contributed by atoms with Crippen LogP contribution in [0.2, 0.25) is 0 Å². The summed E-state index contributed by atoms with van der Waals surface area (Å²) >= 11 is 1.69. The van der Waals surface area contributed by atoms with Gasteiger partial charge in [-0.1, -0.05) is 6.92 Å². The number of fused-ring (bicyclic) bond motifs is 1. The Labute approximate surface area is 130 Å². The molecule has 0 spiro atoms. The Balaban J connectivity index is 1.72. The second-order valence-corrected chi connectivity index (χ2v) is 6.72. The molecule has 21 heavy (non-hydrogen) atoms. The average molecular weight is 307 g/mol. The fraction of sp³-hybridized carbons (Fsp3) is 0.688. The second-order valence-electron chi connectivity index (χ2n) is 5.85. The van der Waals surface area contributed by atoms with Crippen LogP contribution < -0.4 is 5.32 Å². The Morgan fingerprint density at radius 1 is 1.48 bits per heavy atom. The first-order valence-electron chi connectivity index (χ1n) is 8.07. The van der Waals surface area contributed by atoms with E-state index in [1.807, 2.05) is 0 Å². The summed E-state index contributed by atoms with van der Waals surface area (Å²) in [5.74, 6) is 0.739. The molecule has 0 aromatic carbocycles. The minimum atomic E-state index is 0.335. The van der Waals surface area contributed by atoms with Crippen molar-refractivity contribution in [3.8, 4) is 0 Å². The van der Waals surface area contributed by atoms with Crippen molar-refractivity contribution >= 4 is 16.3 Å². The van der Waals surface area contributed by atoms with E-state index in [-0.39, 0.29) is 0 Å². The molecular weight excluding hydrogens is 282 g/mol. The van der Waals surface area contributed by atoms with Gasteiger partial charge in [-0.2, -0.15) is 0 Å². The van der Waals surface area contributed by atoms with Crippen molar-refractivity contribution in [1.82, 2.24) is 14.7 Å². The smallest absolute Gasteiger partial charge is 0.193 e. The highest BCUT2D eigenvalue weighted by Gasteiger charge is 2.37. The molecule has 116 valence electrons. The Hall–Kier alpha value is -0.910. The predicted octanol–water partition coefficient (Wildman–Crippen LogP) is 3.12. The van der Waals surface area contributed by atoms with Gasteiger partial charge in [0.15, 0.2) is 4.96 Å². The van der Waals surface area contributed by atoms with Crippen LogP contribution in [0.5, 0.6) is 0 Å². The van der Waals surface area contributed by atoms with Gasteiger partial charge in [0.1, 0.15) is 0 Å². The van der Waals surface area contributed by atoms with Crippen LogP contribution in [0.3, 0.4) is 0 Å². The van der Waals surface area contributed by atoms with E-state index in [2.05, 4.69) is 41.3 Å². The van der Waals surface area contributed by atoms with Crippen LogP contribution in [0.15, 0.2) is 17.8 Å². The van der Waals surface area contributed by atoms with Gasteiger partial charge >= 0.3 is 0 Å². The van der Waals surface area contributed by atoms with E-state index < -0.39 is 0 Å². The number of hydrogen-bond donors (Lipinski definition) is 1. The molecule has 1 aliphatic rings. The molecule has 1 saturated carbocycles. The lowest BCUT2D eigenvalue weighted by atomic mass is 10.0. The minimum absolute atomic E-state index is 0.335. The molecule has 2 unspecified atom stereocenters. The summed E-state index contributed by atoms with van der Waals surface area (Å²) in [4.78, 5) is 5.81. The summed E-state index contributed by atoms with van der Waals surface area (Å²) in [6.07, 6.45) is 9.30. The molecule has 0 bridgehead atoms. The molecule has 2 aromatic heterocycles. The van der Waals surface area contributed by atoms with E-state index in [1.54, 1.807) is 11.3 Å². The lowest BCUT2D eigenvalue weighted by Crippen LogP contribution is -2.44. The Kier molecular flexibility index (Phi) is 4.93. The third-order valence-corrected chi connectivity index (χ3v) is 4.84. The highest BCUT2D eigenvalue weighted by atomic mass is 32.1. The summed E-state index contributed by atoms with van der Waals surface area (Å²) in [6, 6.07) is 0.377. The second kappa shape index (κ2) is 6.90. The van der Waals surface area contributed by atoms with Crippen molar-refractivity contribution in [2.75, 3.05) is 13.2 Å². The lowest BCUT2D eigenvalue weighted by Gasteiger charge is -2.27. The van der Waals surface area contributed by atoms with E-state index in [1.165, 1.54) is 18.5 Å². The SMILES string of the molecule is CCCNC(Cc1cn2ccsc2n1)C(OCC)C1CC1. The molecule has 0 saturated heterocycles. The molecule has 1 aliphatic carbocycles. The van der Waals surface area contributed by atoms with Crippen molar-refractivity contribution < 1.29 is 4.74 Å². The van der Waals surface area contributed by atoms with Crippen LogP contribution in [-0.2, 0) is 11.2 Å². The Bertz CT molecular complexity index is 532. The van der Waals surface area contributed by atoms with Crippen LogP contribution in [0.4, 0.5) is 0 Å². The van der Waals surface area contributed by atoms with Gasteiger partial charge in [-0.3, -0.25) is 4.40 Å². The van der Waals surface area contributed by atoms with E-state index in [0.29, 0.717) is 12.1 Å². The van der Waals surface area contributed by atoms with Crippen molar-refractivity contribution in [3.05, 3.63) is 23.5 Å². The molecular formula is C16H25N3OS. The molecule has 2 heterocycles. The third kappa shape index (κ3) is 3.65. The number of aromatic nitrogens is 2. The van der Waals surface area contributed by atoms with Crippen molar-refractivity contribution in [3.63, 3.8) is 0 Å². The fourth-order valence-corrected chi connectivity index (χ4v) is 3.65. The fourth-order valence-electron chi connectivity index (χ4n) is 2.93. The number of rotatable bonds is 9. The van der Waals surface area contributed by atoms with E-state index >= 15 is 0 Å². The van der Waals surface area contributed by atoms with Gasteiger partial charge in [0.2, 0.25) is 0 Å². The van der Waals surface area contributed by atoms with Crippen LogP contribution in [0.25, 0.3) is 4.96 Å². The van der Waals surface area contributed by atoms with Crippen molar-refractivity contribution in [1.29, 1.82) is 0 Å². The van der Waals surface area contributed by atoms with Gasteiger partial charge in [-0.05, 0) is 38.6 Å². The summed E-state index contributed by atoms with van der Waals surface area (Å²) in [5.41, 5.74) is 1.17. The van der Waals surface area contributed by atoms with Gasteiger partial charge in [0.25, 0.3) is 0 Å². The highest BCUT2D eigenvalue weighted by molar-refractivity contribution is 7.15. The van der Waals surface area contributed by atoms with Crippen LogP contribution >= 0.6 is 11.3 Å². The van der Waals surface area contributed by atoms with E-state index in [4.69, 9.17) is 9.72 Å². The molecule has 4 nitrogen and oxygen atoms in total. The average Bonchev–Trinajstić information content (AvgIpc) is 3.10. The first-order valence-corrected chi connectivity index (χ1v) is 8.95. The first kappa shape index (κ1) is 15.0. The van der Waals surface area contributed by atoms with Crippen LogP contribution in [0, 0.1) is 5.92 Å². The maximum Gasteiger partial charge on any atom is 0.193 e. The predicted molar refractivity (Wildman–Crippen MR) is 87.0 cm³/mol. The largest absolute Gasteiger partial charge is 0.377 e. The molecule has 2 aromatic rings. The number of imidazole rings is 1. The molecule has 0 radical (unpaired) electrons. The van der Waals surface area contributed by atoms with Gasteiger partial charge < -0.3 is 10.1 Å². The van der Waals surface area contributed by atoms with E-state index in [0.717, 1.165) is 36.9 Å². The zero-order chi connectivity index (χ0) is 14.7. The zero-order valence-electron chi connectivity index (χ0n) is 12.9. The van der Waals surface area contributed by atoms with E-state index in [9.17, 15) is 0 Å². The monoisotopic (exact) mass is 307 g/mol. The molecule has 0 aliphatic heterocycles. The van der Waals surface area contributed by atoms with Gasteiger partial charge in [0.05, 0.1) is 11.8 Å². The van der Waals surface area contributed by atoms with Gasteiger partial charge in [-0.15, -0.1) is 11.3 Å². The summed E-state index contributed by atoms with van der Waals surface area (Å²) in [6.45, 7) is 6.15. The maximum absolute atomic E-state index is 6.06. The number of nitrogens with zero attached hydrogens (tertiary/aromatic N) is 2. The van der Waals surface area contributed by atoms with Gasteiger partial charge in [0, 0.05) is 36.8 Å². The molecule has 1 fully saturated rings. The Morgan fingerprint density at radius 2 is 2.33 bits per heavy atom. The summed E-state index contributed by atoms with van der Waals surface area (Å²) in [7, 11) is 0. The van der Waals surface area contributed by atoms with Crippen molar-refractivity contribution in [2.24, 2.45) is 5.92 Å². The lowest BCUT2D eigenvalue weighted by molar-refractivity contribution is 0.0190. The zero-order valence-corrected chi connectivity index (χ0v) is 13.7. The molecule has 0 amide bonds. The maximum atomic E-state index is 6.06. The number of hydrogen-bond acceptors (Lipinski definition) is 4. The quantitative estimate of drug-likeness (QED) is 0.773. The molecule has 2 atom stereocenters. The molecule has 5 heteroatoms. The first-order chi connectivity index (χ1) is 10.3. The molecule has 1 N–H and O–H groups in total. The van der Waals surface area contributed by atoms with Crippen molar-refractivity contribution in [2.45, 2.75) is 51.7 Å². The summed E-state index contributed by atoms with van der Waals surface area (Å²) in [5, 5.41) is 5.77. The topological polar surface area (TPSA) is 38.6 Å². The minimum Gasteiger partial charge on any atom is -0.377 e. The van der Waals surface area contributed by atoms with Gasteiger partial charge in [-0.25, -0.2) is 4.98 Å². The number of ether oxygens (including phenoxy) is 1. The number of thiazole rings is 1.